The Morgan fingerprint density at radius 1 is 0.943 bits per heavy atom. The van der Waals surface area contributed by atoms with Gasteiger partial charge in [0, 0.05) is 44.2 Å². The number of rotatable bonds is 9. The van der Waals surface area contributed by atoms with Gasteiger partial charge >= 0.3 is 5.69 Å². The fourth-order valence-corrected chi connectivity index (χ4v) is 4.71. The molecule has 1 aromatic heterocycles. The van der Waals surface area contributed by atoms with Crippen molar-refractivity contribution in [1.29, 1.82) is 0 Å². The Balaban J connectivity index is 1.29. The largest absolute Gasteiger partial charge is 0.494 e. The lowest BCUT2D eigenvalue weighted by molar-refractivity contribution is -0.122. The van der Waals surface area contributed by atoms with Gasteiger partial charge in [0.25, 0.3) is 5.91 Å². The fourth-order valence-electron chi connectivity index (χ4n) is 4.71. The van der Waals surface area contributed by atoms with Gasteiger partial charge in [-0.05, 0) is 62.6 Å². The zero-order valence-electron chi connectivity index (χ0n) is 20.5. The van der Waals surface area contributed by atoms with Crippen molar-refractivity contribution in [2.24, 2.45) is 0 Å². The lowest BCUT2D eigenvalue weighted by Gasteiger charge is -2.32. The van der Waals surface area contributed by atoms with Crippen LogP contribution >= 0.6 is 0 Å². The molecule has 1 aliphatic rings. The van der Waals surface area contributed by atoms with Gasteiger partial charge in [-0.1, -0.05) is 19.1 Å². The zero-order chi connectivity index (χ0) is 24.8. The Morgan fingerprint density at radius 3 is 2.17 bits per heavy atom. The summed E-state index contributed by atoms with van der Waals surface area (Å²) in [4.78, 5) is 40.2. The first-order chi connectivity index (χ1) is 17.0. The third kappa shape index (κ3) is 5.58. The molecule has 0 saturated carbocycles. The molecule has 186 valence electrons. The van der Waals surface area contributed by atoms with Crippen molar-refractivity contribution < 1.29 is 14.3 Å². The molecular weight excluding hydrogens is 444 g/mol. The van der Waals surface area contributed by atoms with Crippen molar-refractivity contribution in [3.05, 3.63) is 64.6 Å². The SMILES string of the molecule is CCCn1c(=O)n(CCC(=O)NC2CCN(C(=O)c3ccc(OCC)cc3)CC2)c2ccccc21. The van der Waals surface area contributed by atoms with Gasteiger partial charge in [-0.3, -0.25) is 18.7 Å². The second-order valence-corrected chi connectivity index (χ2v) is 8.92. The third-order valence-corrected chi connectivity index (χ3v) is 6.49. The molecule has 3 aromatic rings. The van der Waals surface area contributed by atoms with Gasteiger partial charge in [-0.2, -0.15) is 0 Å². The van der Waals surface area contributed by atoms with E-state index < -0.39 is 0 Å². The predicted octanol–water partition coefficient (Wildman–Crippen LogP) is 3.42. The summed E-state index contributed by atoms with van der Waals surface area (Å²) in [5, 5.41) is 3.09. The summed E-state index contributed by atoms with van der Waals surface area (Å²) in [5.41, 5.74) is 2.34. The number of aromatic nitrogens is 2. The number of imidazole rings is 1. The molecule has 1 aliphatic heterocycles. The second-order valence-electron chi connectivity index (χ2n) is 8.92. The van der Waals surface area contributed by atoms with Crippen LogP contribution in [0.4, 0.5) is 0 Å². The van der Waals surface area contributed by atoms with Gasteiger partial charge in [0.05, 0.1) is 17.6 Å². The van der Waals surface area contributed by atoms with Crippen molar-refractivity contribution >= 4 is 22.8 Å². The molecule has 0 spiro atoms. The maximum Gasteiger partial charge on any atom is 0.329 e. The summed E-state index contributed by atoms with van der Waals surface area (Å²) >= 11 is 0. The van der Waals surface area contributed by atoms with Crippen molar-refractivity contribution in [3.63, 3.8) is 0 Å². The molecule has 1 fully saturated rings. The van der Waals surface area contributed by atoms with Crippen LogP contribution in [0.1, 0.15) is 49.9 Å². The number of amides is 2. The number of ether oxygens (including phenoxy) is 1. The molecule has 8 heteroatoms. The summed E-state index contributed by atoms with van der Waals surface area (Å²) in [6.07, 6.45) is 2.54. The first-order valence-electron chi connectivity index (χ1n) is 12.5. The molecule has 0 unspecified atom stereocenters. The molecule has 4 rings (SSSR count). The number of piperidine rings is 1. The van der Waals surface area contributed by atoms with Gasteiger partial charge in [0.15, 0.2) is 0 Å². The number of fused-ring (bicyclic) bond motifs is 1. The van der Waals surface area contributed by atoms with Crippen LogP contribution in [0.25, 0.3) is 11.0 Å². The second kappa shape index (κ2) is 11.3. The van der Waals surface area contributed by atoms with Gasteiger partial charge in [-0.15, -0.1) is 0 Å². The summed E-state index contributed by atoms with van der Waals surface area (Å²) in [5.74, 6) is 0.684. The zero-order valence-corrected chi connectivity index (χ0v) is 20.5. The van der Waals surface area contributed by atoms with Crippen molar-refractivity contribution in [1.82, 2.24) is 19.4 Å². The lowest BCUT2D eigenvalue weighted by Crippen LogP contribution is -2.46. The molecule has 2 heterocycles. The van der Waals surface area contributed by atoms with E-state index in [9.17, 15) is 14.4 Å². The van der Waals surface area contributed by atoms with Crippen LogP contribution < -0.4 is 15.7 Å². The predicted molar refractivity (Wildman–Crippen MR) is 136 cm³/mol. The van der Waals surface area contributed by atoms with E-state index in [1.165, 1.54) is 0 Å². The van der Waals surface area contributed by atoms with E-state index in [1.54, 1.807) is 21.3 Å². The Hall–Kier alpha value is -3.55. The van der Waals surface area contributed by atoms with Crippen LogP contribution in [-0.4, -0.2) is 51.6 Å². The molecule has 0 bridgehead atoms. The number of hydrogen-bond acceptors (Lipinski definition) is 4. The third-order valence-electron chi connectivity index (χ3n) is 6.49. The summed E-state index contributed by atoms with van der Waals surface area (Å²) < 4.78 is 8.92. The molecule has 1 N–H and O–H groups in total. The van der Waals surface area contributed by atoms with Crippen molar-refractivity contribution in [2.45, 2.75) is 58.7 Å². The average Bonchev–Trinajstić information content (AvgIpc) is 3.14. The molecular formula is C27H34N4O4. The molecule has 2 amide bonds. The van der Waals surface area contributed by atoms with E-state index in [1.807, 2.05) is 55.1 Å². The van der Waals surface area contributed by atoms with E-state index in [4.69, 9.17) is 4.74 Å². The Morgan fingerprint density at radius 2 is 1.57 bits per heavy atom. The summed E-state index contributed by atoms with van der Waals surface area (Å²) in [6.45, 7) is 6.76. The van der Waals surface area contributed by atoms with Gasteiger partial charge < -0.3 is 15.0 Å². The first-order valence-corrected chi connectivity index (χ1v) is 12.5. The number of benzene rings is 2. The topological polar surface area (TPSA) is 85.6 Å². The van der Waals surface area contributed by atoms with Crippen molar-refractivity contribution in [2.75, 3.05) is 19.7 Å². The maximum atomic E-state index is 12.9. The van der Waals surface area contributed by atoms with Gasteiger partial charge in [-0.25, -0.2) is 4.79 Å². The molecule has 0 aliphatic carbocycles. The van der Waals surface area contributed by atoms with Crippen LogP contribution in [-0.2, 0) is 17.9 Å². The normalized spacial score (nSPS) is 14.3. The number of nitrogens with one attached hydrogen (secondary N) is 1. The standard InChI is InChI=1S/C27H34N4O4/c1-3-16-30-23-7-5-6-8-24(23)31(27(30)34)19-15-25(32)28-21-13-17-29(18-14-21)26(33)20-9-11-22(12-10-20)35-4-2/h5-12,21H,3-4,13-19H2,1-2H3,(H,28,32). The Kier molecular flexibility index (Phi) is 7.90. The molecule has 8 nitrogen and oxygen atoms in total. The molecule has 0 atom stereocenters. The number of para-hydroxylation sites is 2. The highest BCUT2D eigenvalue weighted by Crippen LogP contribution is 2.18. The van der Waals surface area contributed by atoms with E-state index >= 15 is 0 Å². The number of carbonyl (C=O) groups is 2. The van der Waals surface area contributed by atoms with Crippen LogP contribution in [0.5, 0.6) is 5.75 Å². The highest BCUT2D eigenvalue weighted by molar-refractivity contribution is 5.94. The smallest absolute Gasteiger partial charge is 0.329 e. The van der Waals surface area contributed by atoms with Crippen LogP contribution in [0, 0.1) is 0 Å². The minimum Gasteiger partial charge on any atom is -0.494 e. The molecule has 0 radical (unpaired) electrons. The lowest BCUT2D eigenvalue weighted by atomic mass is 10.0. The average molecular weight is 479 g/mol. The van der Waals surface area contributed by atoms with E-state index in [-0.39, 0.29) is 30.0 Å². The van der Waals surface area contributed by atoms with E-state index in [0.717, 1.165) is 23.2 Å². The van der Waals surface area contributed by atoms with Crippen LogP contribution in [0.15, 0.2) is 53.3 Å². The van der Waals surface area contributed by atoms with Crippen LogP contribution in [0.3, 0.4) is 0 Å². The minimum absolute atomic E-state index is 0.000620. The minimum atomic E-state index is -0.0690. The Labute approximate surface area is 205 Å². The van der Waals surface area contributed by atoms with Gasteiger partial charge in [0.2, 0.25) is 5.91 Å². The van der Waals surface area contributed by atoms with Crippen LogP contribution in [0.2, 0.25) is 0 Å². The first kappa shape index (κ1) is 24.6. The number of aryl methyl sites for hydroxylation is 2. The number of nitrogens with zero attached hydrogens (tertiary/aromatic N) is 3. The van der Waals surface area contributed by atoms with Gasteiger partial charge in [0.1, 0.15) is 5.75 Å². The highest BCUT2D eigenvalue weighted by atomic mass is 16.5. The maximum absolute atomic E-state index is 12.9. The number of hydrogen-bond donors (Lipinski definition) is 1. The molecule has 1 saturated heterocycles. The fraction of sp³-hybridized carbons (Fsp3) is 0.444. The summed E-state index contributed by atoms with van der Waals surface area (Å²) in [7, 11) is 0. The molecule has 35 heavy (non-hydrogen) atoms. The summed E-state index contributed by atoms with van der Waals surface area (Å²) in [6, 6.07) is 15.0. The Bertz CT molecular complexity index is 1220. The monoisotopic (exact) mass is 478 g/mol. The van der Waals surface area contributed by atoms with Crippen molar-refractivity contribution in [3.8, 4) is 5.75 Å². The number of carbonyl (C=O) groups excluding carboxylic acids is 2. The molecule has 2 aromatic carbocycles. The van der Waals surface area contributed by atoms with E-state index in [0.29, 0.717) is 51.2 Å². The van der Waals surface area contributed by atoms with E-state index in [2.05, 4.69) is 5.32 Å². The highest BCUT2D eigenvalue weighted by Gasteiger charge is 2.25. The quantitative estimate of drug-likeness (QED) is 0.511. The number of likely N-dealkylation sites (tertiary alicyclic amines) is 1.